The Morgan fingerprint density at radius 3 is 2.23 bits per heavy atom. The zero-order valence-electron chi connectivity index (χ0n) is 41.1. The van der Waals surface area contributed by atoms with E-state index >= 15 is 0 Å². The Labute approximate surface area is 402 Å². The number of rotatable bonds is 18. The summed E-state index contributed by atoms with van der Waals surface area (Å²) < 4.78 is 5.28. The largest absolute Gasteiger partial charge is 0.481 e. The number of ether oxygens (including phenoxy) is 1. The minimum Gasteiger partial charge on any atom is -0.481 e. The lowest BCUT2D eigenvalue weighted by atomic mass is 9.83. The molecule has 17 nitrogen and oxygen atoms in total. The van der Waals surface area contributed by atoms with Crippen molar-refractivity contribution < 1.29 is 38.6 Å². The van der Waals surface area contributed by atoms with Crippen molar-refractivity contribution in [1.82, 2.24) is 30.6 Å². The second-order valence-electron chi connectivity index (χ2n) is 19.7. The Hall–Kier alpha value is -6.39. The van der Waals surface area contributed by atoms with E-state index in [2.05, 4.69) is 39.4 Å². The summed E-state index contributed by atoms with van der Waals surface area (Å²) in [6, 6.07) is 4.26. The van der Waals surface area contributed by atoms with Crippen LogP contribution < -0.4 is 22.1 Å². The van der Waals surface area contributed by atoms with Gasteiger partial charge in [0.15, 0.2) is 17.5 Å². The van der Waals surface area contributed by atoms with Gasteiger partial charge in [-0.15, -0.1) is 0 Å². The van der Waals surface area contributed by atoms with Crippen LogP contribution in [0.4, 0.5) is 0 Å². The summed E-state index contributed by atoms with van der Waals surface area (Å²) >= 11 is 0. The number of amides is 2. The van der Waals surface area contributed by atoms with Gasteiger partial charge in [-0.05, 0) is 94.5 Å². The third kappa shape index (κ3) is 10.8. The Balaban J connectivity index is 1.29. The fraction of sp³-hybridized carbons (Fsp3) is 0.558. The van der Waals surface area contributed by atoms with Gasteiger partial charge in [0, 0.05) is 87.5 Å². The predicted octanol–water partition coefficient (Wildman–Crippen LogP) is 7.41. The van der Waals surface area contributed by atoms with Crippen molar-refractivity contribution >= 4 is 63.3 Å². The molecule has 3 aromatic heterocycles. The molecule has 2 unspecified atom stereocenters. The molecule has 7 atom stereocenters. The maximum Gasteiger partial charge on any atom is 0.321 e. The van der Waals surface area contributed by atoms with E-state index in [-0.39, 0.29) is 55.2 Å². The number of nitrogens with zero attached hydrogens (tertiary/aromatic N) is 3. The average Bonchev–Trinajstić information content (AvgIpc) is 4.05. The van der Waals surface area contributed by atoms with Crippen molar-refractivity contribution in [2.45, 2.75) is 167 Å². The lowest BCUT2D eigenvalue weighted by molar-refractivity contribution is -0.141. The minimum absolute atomic E-state index is 0.0388. The smallest absolute Gasteiger partial charge is 0.321 e. The van der Waals surface area contributed by atoms with Crippen LogP contribution in [0.3, 0.4) is 0 Å². The molecule has 5 heterocycles. The van der Waals surface area contributed by atoms with Gasteiger partial charge in [0.2, 0.25) is 11.8 Å². The molecule has 0 spiro atoms. The van der Waals surface area contributed by atoms with Gasteiger partial charge in [0.1, 0.15) is 12.0 Å². The van der Waals surface area contributed by atoms with Gasteiger partial charge in [-0.1, -0.05) is 52.9 Å². The number of guanidine groups is 1. The summed E-state index contributed by atoms with van der Waals surface area (Å²) in [5.41, 5.74) is 19.0. The summed E-state index contributed by atoms with van der Waals surface area (Å²) in [5.74, 6) is -4.92. The third-order valence-electron chi connectivity index (χ3n) is 15.1. The SMILES string of the molecule is CC[C@H]1c2cc3[nH]c4c(c3C)C(=O)C(C(=O)OC)c4c3nc(cc4[nH]c(cc(n2)[C@@H]1C)c(C(C)=O)c4C)[C@@H](C)[C@@H]3CCC(=O)N[C@@H](CCCCN=C(N)N)C(=O)NC(CC(=O)O)CC1CCCCC1. The van der Waals surface area contributed by atoms with E-state index in [9.17, 15) is 33.9 Å². The molecule has 4 aliphatic rings. The number of aliphatic imine (C=N–C) groups is 1. The third-order valence-corrected chi connectivity index (χ3v) is 15.1. The summed E-state index contributed by atoms with van der Waals surface area (Å²) in [7, 11) is 1.25. The van der Waals surface area contributed by atoms with Crippen LogP contribution in [0.15, 0.2) is 23.2 Å². The molecule has 2 amide bonds. The Morgan fingerprint density at radius 2 is 1.57 bits per heavy atom. The number of nitrogens with two attached hydrogens (primary N) is 2. The zero-order chi connectivity index (χ0) is 49.8. The Bertz CT molecular complexity index is 2710. The molecular formula is C52H69N9O8. The molecule has 9 N–H and O–H groups in total. The quantitative estimate of drug-likeness (QED) is 0.0164. The minimum atomic E-state index is -1.31. The number of carboxylic acids is 1. The molecule has 3 aromatic rings. The topological polar surface area (TPSA) is 278 Å². The van der Waals surface area contributed by atoms with Crippen molar-refractivity contribution in [3.63, 3.8) is 0 Å². The Morgan fingerprint density at radius 1 is 0.899 bits per heavy atom. The summed E-state index contributed by atoms with van der Waals surface area (Å²) in [6.45, 7) is 11.8. The molecule has 17 heteroatoms. The number of aliphatic carboxylic acids is 1. The predicted molar refractivity (Wildman–Crippen MR) is 263 cm³/mol. The van der Waals surface area contributed by atoms with Crippen LogP contribution in [0, 0.1) is 19.8 Å². The molecule has 8 bridgehead atoms. The first kappa shape index (κ1) is 50.5. The highest BCUT2D eigenvalue weighted by atomic mass is 16.5. The number of H-pyrrole nitrogens is 2. The van der Waals surface area contributed by atoms with Crippen molar-refractivity contribution in [2.24, 2.45) is 22.4 Å². The Kier molecular flexibility index (Phi) is 15.7. The van der Waals surface area contributed by atoms with Crippen molar-refractivity contribution in [2.75, 3.05) is 13.7 Å². The van der Waals surface area contributed by atoms with Gasteiger partial charge >= 0.3 is 11.9 Å². The number of hydrogen-bond donors (Lipinski definition) is 7. The number of nitrogens with one attached hydrogen (secondary N) is 4. The summed E-state index contributed by atoms with van der Waals surface area (Å²) in [4.78, 5) is 103. The van der Waals surface area contributed by atoms with Gasteiger partial charge < -0.3 is 41.9 Å². The second-order valence-corrected chi connectivity index (χ2v) is 19.7. The van der Waals surface area contributed by atoms with Crippen molar-refractivity contribution in [3.05, 3.63) is 68.8 Å². The number of esters is 1. The number of Topliss-reactive ketones (excluding diaryl/α,β-unsaturated/α-hetero) is 2. The molecule has 0 saturated heterocycles. The van der Waals surface area contributed by atoms with Crippen molar-refractivity contribution in [1.29, 1.82) is 0 Å². The lowest BCUT2D eigenvalue weighted by Crippen LogP contribution is -2.50. The highest BCUT2D eigenvalue weighted by molar-refractivity contribution is 6.23. The number of aromatic nitrogens is 4. The average molecular weight is 948 g/mol. The number of fused-ring (bicyclic) bond motifs is 8. The van der Waals surface area contributed by atoms with Crippen LogP contribution >= 0.6 is 0 Å². The molecule has 0 aromatic carbocycles. The maximum atomic E-state index is 14.5. The molecule has 1 saturated carbocycles. The molecule has 370 valence electrons. The first-order valence-corrected chi connectivity index (χ1v) is 24.7. The fourth-order valence-corrected chi connectivity index (χ4v) is 11.4. The van der Waals surface area contributed by atoms with E-state index in [1.165, 1.54) is 7.11 Å². The first-order valence-electron chi connectivity index (χ1n) is 24.7. The van der Waals surface area contributed by atoms with E-state index in [0.717, 1.165) is 55.5 Å². The molecular weight excluding hydrogens is 879 g/mol. The summed E-state index contributed by atoms with van der Waals surface area (Å²) in [6.07, 6.45) is 7.83. The number of methoxy groups -OCH3 is 1. The van der Waals surface area contributed by atoms with Gasteiger partial charge in [0.25, 0.3) is 0 Å². The molecule has 2 aliphatic heterocycles. The van der Waals surface area contributed by atoms with Crippen LogP contribution in [0.5, 0.6) is 0 Å². The van der Waals surface area contributed by atoms with Crippen molar-refractivity contribution in [3.8, 4) is 0 Å². The van der Waals surface area contributed by atoms with Crippen LogP contribution in [0.25, 0.3) is 22.1 Å². The van der Waals surface area contributed by atoms with Gasteiger partial charge in [-0.25, -0.2) is 0 Å². The van der Waals surface area contributed by atoms with E-state index in [1.807, 2.05) is 39.0 Å². The number of aromatic amines is 2. The normalized spacial score (nSPS) is 20.8. The number of hydrogen-bond acceptors (Lipinski definition) is 10. The highest BCUT2D eigenvalue weighted by Gasteiger charge is 2.45. The number of ketones is 2. The molecule has 0 radical (unpaired) electrons. The summed E-state index contributed by atoms with van der Waals surface area (Å²) in [5, 5.41) is 15.7. The standard InChI is InChI=1S/C52H69N9O8/c1-8-32-25(2)35-24-40-43(29(6)62)27(4)37(58-40)22-36-26(3)33(47(60-36)45-46(51(68)69-7)49(66)44-28(5)38(61-48(44)45)23-39(32)57-35)17-18-41(63)59-34(16-12-13-19-55-52(53)54)50(67)56-31(21-42(64)65)20-30-14-10-9-11-15-30/h22-26,30-34,46,58,61H,8-21H2,1-7H3,(H,56,67)(H,59,63)(H,64,65)(H4,53,54,55)/t25-,26+,31?,32-,33+,34+,46?/m1/s1. The van der Waals surface area contributed by atoms with E-state index < -0.39 is 53.5 Å². The number of carboxylic acid groups (broad SMARTS) is 1. The monoisotopic (exact) mass is 948 g/mol. The van der Waals surface area contributed by atoms with Crippen LogP contribution in [-0.4, -0.2) is 92.1 Å². The van der Waals surface area contributed by atoms with E-state index in [4.69, 9.17) is 26.2 Å². The van der Waals surface area contributed by atoms with Crippen LogP contribution in [0.2, 0.25) is 0 Å². The zero-order valence-corrected chi connectivity index (χ0v) is 41.1. The van der Waals surface area contributed by atoms with E-state index in [0.29, 0.717) is 87.4 Å². The van der Waals surface area contributed by atoms with Gasteiger partial charge in [-0.2, -0.15) is 0 Å². The lowest BCUT2D eigenvalue weighted by Gasteiger charge is -2.28. The molecule has 69 heavy (non-hydrogen) atoms. The number of unbranched alkanes of at least 4 members (excludes halogenated alkanes) is 1. The fourth-order valence-electron chi connectivity index (χ4n) is 11.4. The number of carbonyl (C=O) groups is 6. The second kappa shape index (κ2) is 21.5. The number of carbonyl (C=O) groups excluding carboxylic acids is 5. The van der Waals surface area contributed by atoms with Crippen LogP contribution in [0.1, 0.15) is 201 Å². The molecule has 1 fully saturated rings. The van der Waals surface area contributed by atoms with Crippen LogP contribution in [-0.2, 0) is 23.9 Å². The van der Waals surface area contributed by atoms with Gasteiger partial charge in [0.05, 0.1) is 30.3 Å². The molecule has 7 rings (SSSR count). The molecule has 2 aliphatic carbocycles. The van der Waals surface area contributed by atoms with Gasteiger partial charge in [-0.3, -0.25) is 43.7 Å². The number of aryl methyl sites for hydroxylation is 2. The first-order chi connectivity index (χ1) is 32.9. The highest BCUT2D eigenvalue weighted by Crippen LogP contribution is 2.48. The van der Waals surface area contributed by atoms with E-state index in [1.54, 1.807) is 6.92 Å². The maximum absolute atomic E-state index is 14.5.